The molecule has 9 heteroatoms. The predicted molar refractivity (Wildman–Crippen MR) is 115 cm³/mol. The van der Waals surface area contributed by atoms with Gasteiger partial charge in [-0.15, -0.1) is 0 Å². The number of benzene rings is 1. The third-order valence-corrected chi connectivity index (χ3v) is 6.26. The Bertz CT molecular complexity index is 1170. The molecule has 1 fully saturated rings. The van der Waals surface area contributed by atoms with Crippen LogP contribution in [0, 0.1) is 5.82 Å². The first-order chi connectivity index (χ1) is 14.3. The second-order valence-electron chi connectivity index (χ2n) is 7.65. The molecule has 1 aliphatic heterocycles. The quantitative estimate of drug-likeness (QED) is 0.638. The van der Waals surface area contributed by atoms with E-state index in [4.69, 9.17) is 23.2 Å². The molecule has 1 saturated heterocycles. The van der Waals surface area contributed by atoms with Crippen molar-refractivity contribution >= 4 is 34.6 Å². The number of carbonyl (C=O) groups is 1. The number of amides is 1. The summed E-state index contributed by atoms with van der Waals surface area (Å²) >= 11 is 12.3. The average molecular weight is 451 g/mol. The lowest BCUT2D eigenvalue weighted by Crippen LogP contribution is -2.43. The summed E-state index contributed by atoms with van der Waals surface area (Å²) in [5.74, 6) is -0.990. The van der Waals surface area contributed by atoms with Crippen molar-refractivity contribution in [2.45, 2.75) is 25.3 Å². The highest BCUT2D eigenvalue weighted by atomic mass is 35.5. The molecule has 0 atom stereocenters. The molecular formula is C21H21Cl2FN4O2. The van der Waals surface area contributed by atoms with Crippen LogP contribution in [0.1, 0.15) is 34.5 Å². The highest BCUT2D eigenvalue weighted by molar-refractivity contribution is 6.42. The number of aromatic nitrogens is 2. The molecule has 1 aliphatic rings. The highest BCUT2D eigenvalue weighted by Crippen LogP contribution is 2.27. The molecular weight excluding hydrogens is 430 g/mol. The Labute approximate surface area is 182 Å². The lowest BCUT2D eigenvalue weighted by molar-refractivity contribution is 0.0912. The summed E-state index contributed by atoms with van der Waals surface area (Å²) in [5.41, 5.74) is 1.38. The van der Waals surface area contributed by atoms with Crippen molar-refractivity contribution in [1.29, 1.82) is 0 Å². The average Bonchev–Trinajstić information content (AvgIpc) is 3.03. The lowest BCUT2D eigenvalue weighted by atomic mass is 10.0. The minimum Gasteiger partial charge on any atom is -0.349 e. The molecule has 30 heavy (non-hydrogen) atoms. The Morgan fingerprint density at radius 2 is 2.00 bits per heavy atom. The van der Waals surface area contributed by atoms with E-state index in [9.17, 15) is 14.0 Å². The zero-order chi connectivity index (χ0) is 21.4. The van der Waals surface area contributed by atoms with E-state index in [1.54, 1.807) is 16.7 Å². The normalized spacial score (nSPS) is 15.6. The van der Waals surface area contributed by atoms with Gasteiger partial charge in [-0.05, 0) is 56.7 Å². The van der Waals surface area contributed by atoms with Crippen LogP contribution in [0.3, 0.4) is 0 Å². The number of halogens is 3. The van der Waals surface area contributed by atoms with Gasteiger partial charge < -0.3 is 15.2 Å². The van der Waals surface area contributed by atoms with E-state index in [-0.39, 0.29) is 27.3 Å². The Hall–Kier alpha value is -2.35. The van der Waals surface area contributed by atoms with Gasteiger partial charge in [-0.25, -0.2) is 4.39 Å². The monoisotopic (exact) mass is 450 g/mol. The molecule has 2 aromatic heterocycles. The molecule has 0 spiro atoms. The SMILES string of the molecule is CN1CCC(NC(=O)c2cc(Cc3c[nH]c(=O)c4cc(Cl)c(Cl)n34)ccc2F)CC1. The molecule has 1 aromatic carbocycles. The van der Waals surface area contributed by atoms with Gasteiger partial charge in [0.2, 0.25) is 0 Å². The number of aromatic amines is 1. The largest absolute Gasteiger partial charge is 0.349 e. The number of rotatable bonds is 4. The molecule has 6 nitrogen and oxygen atoms in total. The summed E-state index contributed by atoms with van der Waals surface area (Å²) in [4.78, 5) is 29.6. The smallest absolute Gasteiger partial charge is 0.272 e. The van der Waals surface area contributed by atoms with Gasteiger partial charge in [-0.3, -0.25) is 14.0 Å². The van der Waals surface area contributed by atoms with Gasteiger partial charge in [0.1, 0.15) is 16.5 Å². The number of hydrogen-bond donors (Lipinski definition) is 2. The maximum absolute atomic E-state index is 14.4. The van der Waals surface area contributed by atoms with Gasteiger partial charge in [0.25, 0.3) is 11.5 Å². The van der Waals surface area contributed by atoms with E-state index in [1.807, 2.05) is 7.05 Å². The minimum atomic E-state index is -0.571. The number of nitrogens with one attached hydrogen (secondary N) is 2. The lowest BCUT2D eigenvalue weighted by Gasteiger charge is -2.29. The minimum absolute atomic E-state index is 0.00346. The number of hydrogen-bond acceptors (Lipinski definition) is 3. The maximum atomic E-state index is 14.4. The number of H-pyrrole nitrogens is 1. The first-order valence-corrected chi connectivity index (χ1v) is 10.4. The van der Waals surface area contributed by atoms with Crippen LogP contribution in [0.25, 0.3) is 5.52 Å². The van der Waals surface area contributed by atoms with E-state index in [0.29, 0.717) is 23.2 Å². The number of nitrogens with zero attached hydrogens (tertiary/aromatic N) is 2. The molecule has 2 N–H and O–H groups in total. The Kier molecular flexibility index (Phi) is 5.86. The van der Waals surface area contributed by atoms with Crippen molar-refractivity contribution in [3.05, 3.63) is 73.6 Å². The molecule has 0 aliphatic carbocycles. The van der Waals surface area contributed by atoms with Crippen molar-refractivity contribution in [2.24, 2.45) is 0 Å². The standard InChI is InChI=1S/C21H21Cl2FN4O2/c1-27-6-4-13(5-7-27)26-20(29)15-9-12(2-3-17(15)24)8-14-11-25-21(30)18-10-16(22)19(23)28(14)18/h2-3,9-11,13H,4-8H2,1H3,(H,25,30)(H,26,29). The van der Waals surface area contributed by atoms with Crippen LogP contribution in [0.15, 0.2) is 35.3 Å². The Morgan fingerprint density at radius 3 is 2.73 bits per heavy atom. The highest BCUT2D eigenvalue weighted by Gasteiger charge is 2.21. The summed E-state index contributed by atoms with van der Waals surface area (Å²) in [6.07, 6.45) is 3.55. The van der Waals surface area contributed by atoms with Crippen LogP contribution in [0.5, 0.6) is 0 Å². The molecule has 158 valence electrons. The van der Waals surface area contributed by atoms with Gasteiger partial charge in [-0.2, -0.15) is 0 Å². The van der Waals surface area contributed by atoms with Crippen LogP contribution in [-0.2, 0) is 6.42 Å². The first kappa shape index (κ1) is 20.9. The summed E-state index contributed by atoms with van der Waals surface area (Å²) < 4.78 is 15.9. The molecule has 0 unspecified atom stereocenters. The number of fused-ring (bicyclic) bond motifs is 1. The van der Waals surface area contributed by atoms with E-state index >= 15 is 0 Å². The molecule has 4 rings (SSSR count). The van der Waals surface area contributed by atoms with Crippen LogP contribution in [-0.4, -0.2) is 46.4 Å². The number of carbonyl (C=O) groups excluding carboxylic acids is 1. The van der Waals surface area contributed by atoms with Crippen molar-refractivity contribution < 1.29 is 9.18 Å². The number of piperidine rings is 1. The molecule has 3 aromatic rings. The number of likely N-dealkylation sites (tertiary alicyclic amines) is 1. The van der Waals surface area contributed by atoms with Crippen molar-refractivity contribution in [3.8, 4) is 0 Å². The summed E-state index contributed by atoms with van der Waals surface area (Å²) in [7, 11) is 2.04. The predicted octanol–water partition coefficient (Wildman–Crippen LogP) is 3.49. The zero-order valence-electron chi connectivity index (χ0n) is 16.3. The van der Waals surface area contributed by atoms with E-state index in [0.717, 1.165) is 25.9 Å². The third-order valence-electron chi connectivity index (χ3n) is 5.50. The first-order valence-electron chi connectivity index (χ1n) is 9.68. The molecule has 0 saturated carbocycles. The van der Waals surface area contributed by atoms with E-state index in [2.05, 4.69) is 15.2 Å². The fraction of sp³-hybridized carbons (Fsp3) is 0.333. The maximum Gasteiger partial charge on any atom is 0.272 e. The van der Waals surface area contributed by atoms with E-state index < -0.39 is 11.7 Å². The van der Waals surface area contributed by atoms with Crippen LogP contribution in [0.4, 0.5) is 4.39 Å². The summed E-state index contributed by atoms with van der Waals surface area (Å²) in [6.45, 7) is 1.80. The fourth-order valence-electron chi connectivity index (χ4n) is 3.80. The Morgan fingerprint density at radius 1 is 1.27 bits per heavy atom. The molecule has 0 bridgehead atoms. The summed E-state index contributed by atoms with van der Waals surface area (Å²) in [6, 6.07) is 5.97. The van der Waals surface area contributed by atoms with E-state index in [1.165, 1.54) is 18.2 Å². The Balaban J connectivity index is 1.60. The topological polar surface area (TPSA) is 69.6 Å². The fourth-order valence-corrected chi connectivity index (χ4v) is 4.25. The van der Waals surface area contributed by atoms with Crippen LogP contribution < -0.4 is 10.9 Å². The zero-order valence-corrected chi connectivity index (χ0v) is 17.9. The van der Waals surface area contributed by atoms with Crippen molar-refractivity contribution in [3.63, 3.8) is 0 Å². The van der Waals surface area contributed by atoms with Gasteiger partial charge in [0, 0.05) is 24.4 Å². The summed E-state index contributed by atoms with van der Waals surface area (Å²) in [5, 5.41) is 3.44. The molecule has 0 radical (unpaired) electrons. The van der Waals surface area contributed by atoms with Crippen molar-refractivity contribution in [2.75, 3.05) is 20.1 Å². The van der Waals surface area contributed by atoms with Crippen molar-refractivity contribution in [1.82, 2.24) is 19.6 Å². The molecule has 3 heterocycles. The van der Waals surface area contributed by atoms with Crippen LogP contribution >= 0.6 is 23.2 Å². The third kappa shape index (κ3) is 4.10. The van der Waals surface area contributed by atoms with Gasteiger partial charge in [0.15, 0.2) is 0 Å². The molecule has 1 amide bonds. The second-order valence-corrected chi connectivity index (χ2v) is 8.42. The van der Waals surface area contributed by atoms with Gasteiger partial charge >= 0.3 is 0 Å². The second kappa shape index (κ2) is 8.41. The van der Waals surface area contributed by atoms with Crippen LogP contribution in [0.2, 0.25) is 10.2 Å². The van der Waals surface area contributed by atoms with Gasteiger partial charge in [0.05, 0.1) is 10.6 Å². The van der Waals surface area contributed by atoms with Gasteiger partial charge in [-0.1, -0.05) is 29.3 Å².